The van der Waals surface area contributed by atoms with E-state index in [4.69, 9.17) is 0 Å². The van der Waals surface area contributed by atoms with Gasteiger partial charge < -0.3 is 14.7 Å². The number of carbonyl (C=O) groups is 3. The highest BCUT2D eigenvalue weighted by Crippen LogP contribution is 2.30. The molecule has 0 bridgehead atoms. The van der Waals surface area contributed by atoms with Gasteiger partial charge in [0.15, 0.2) is 0 Å². The standard InChI is InChI=1S/C19H29N5O3/c1-4-23(5-2)19(27)15-10-20-21-17(15)13-7-6-8-24(12-13)18(26)14-9-16(25)22(3)11-14/h10,13-14H,4-9,11-12H2,1-3H3,(H,20,21)/t13-,14-/m1/s1. The number of rotatable bonds is 5. The van der Waals surface area contributed by atoms with Crippen LogP contribution in [-0.2, 0) is 9.59 Å². The van der Waals surface area contributed by atoms with Crippen molar-refractivity contribution >= 4 is 17.7 Å². The number of likely N-dealkylation sites (tertiary alicyclic amines) is 2. The van der Waals surface area contributed by atoms with Crippen LogP contribution in [0.3, 0.4) is 0 Å². The van der Waals surface area contributed by atoms with E-state index in [1.807, 2.05) is 18.7 Å². The Morgan fingerprint density at radius 1 is 1.30 bits per heavy atom. The number of hydrogen-bond donors (Lipinski definition) is 1. The highest BCUT2D eigenvalue weighted by Gasteiger charge is 2.37. The average Bonchev–Trinajstić information content (AvgIpc) is 3.29. The maximum absolute atomic E-state index is 12.9. The van der Waals surface area contributed by atoms with Gasteiger partial charge in [0.05, 0.1) is 23.4 Å². The van der Waals surface area contributed by atoms with Gasteiger partial charge in [-0.1, -0.05) is 0 Å². The van der Waals surface area contributed by atoms with Crippen molar-refractivity contribution in [2.24, 2.45) is 5.92 Å². The van der Waals surface area contributed by atoms with Crippen molar-refractivity contribution in [1.82, 2.24) is 24.9 Å². The zero-order valence-electron chi connectivity index (χ0n) is 16.4. The molecule has 2 saturated heterocycles. The molecule has 1 aromatic heterocycles. The number of nitrogens with one attached hydrogen (secondary N) is 1. The van der Waals surface area contributed by atoms with Crippen molar-refractivity contribution in [3.8, 4) is 0 Å². The summed E-state index contributed by atoms with van der Waals surface area (Å²) in [5.41, 5.74) is 1.43. The van der Waals surface area contributed by atoms with Crippen LogP contribution in [0, 0.1) is 5.92 Å². The molecule has 8 heteroatoms. The first kappa shape index (κ1) is 19.4. The minimum absolute atomic E-state index is 0.0183. The van der Waals surface area contributed by atoms with Gasteiger partial charge in [0.25, 0.3) is 5.91 Å². The van der Waals surface area contributed by atoms with Crippen LogP contribution in [0.25, 0.3) is 0 Å². The molecule has 0 aliphatic carbocycles. The Bertz CT molecular complexity index is 712. The van der Waals surface area contributed by atoms with Crippen molar-refractivity contribution < 1.29 is 14.4 Å². The molecule has 0 radical (unpaired) electrons. The van der Waals surface area contributed by atoms with Gasteiger partial charge in [0, 0.05) is 52.1 Å². The van der Waals surface area contributed by atoms with Gasteiger partial charge in [0.2, 0.25) is 11.8 Å². The molecule has 0 saturated carbocycles. The smallest absolute Gasteiger partial charge is 0.257 e. The summed E-state index contributed by atoms with van der Waals surface area (Å²) in [4.78, 5) is 42.7. The van der Waals surface area contributed by atoms with Crippen molar-refractivity contribution in [2.45, 2.75) is 39.0 Å². The Morgan fingerprint density at radius 3 is 2.67 bits per heavy atom. The van der Waals surface area contributed by atoms with Crippen LogP contribution in [0.15, 0.2) is 6.20 Å². The molecule has 2 aliphatic rings. The Kier molecular flexibility index (Phi) is 5.82. The van der Waals surface area contributed by atoms with E-state index in [0.717, 1.165) is 18.5 Å². The molecule has 0 unspecified atom stereocenters. The second kappa shape index (κ2) is 8.10. The molecule has 2 atom stereocenters. The zero-order valence-corrected chi connectivity index (χ0v) is 16.4. The highest BCUT2D eigenvalue weighted by molar-refractivity contribution is 5.95. The second-order valence-electron chi connectivity index (χ2n) is 7.47. The fourth-order valence-electron chi connectivity index (χ4n) is 4.16. The summed E-state index contributed by atoms with van der Waals surface area (Å²) in [6, 6.07) is 0. The topological polar surface area (TPSA) is 89.6 Å². The van der Waals surface area contributed by atoms with Crippen molar-refractivity contribution in [3.63, 3.8) is 0 Å². The molecule has 3 amide bonds. The highest BCUT2D eigenvalue weighted by atomic mass is 16.2. The first-order valence-corrected chi connectivity index (χ1v) is 9.81. The lowest BCUT2D eigenvalue weighted by Gasteiger charge is -2.34. The Morgan fingerprint density at radius 2 is 2.04 bits per heavy atom. The van der Waals surface area contributed by atoms with Crippen molar-refractivity contribution in [2.75, 3.05) is 39.8 Å². The summed E-state index contributed by atoms with van der Waals surface area (Å²) < 4.78 is 0. The second-order valence-corrected chi connectivity index (χ2v) is 7.47. The van der Waals surface area contributed by atoms with Gasteiger partial charge in [-0.3, -0.25) is 19.5 Å². The van der Waals surface area contributed by atoms with E-state index in [9.17, 15) is 14.4 Å². The number of piperidine rings is 1. The quantitative estimate of drug-likeness (QED) is 0.834. The van der Waals surface area contributed by atoms with Crippen molar-refractivity contribution in [1.29, 1.82) is 0 Å². The summed E-state index contributed by atoms with van der Waals surface area (Å²) in [7, 11) is 1.74. The van der Waals surface area contributed by atoms with E-state index in [2.05, 4.69) is 10.2 Å². The lowest BCUT2D eigenvalue weighted by atomic mass is 9.91. The van der Waals surface area contributed by atoms with Gasteiger partial charge in [-0.2, -0.15) is 5.10 Å². The number of aromatic amines is 1. The Balaban J connectivity index is 1.72. The minimum atomic E-state index is -0.250. The van der Waals surface area contributed by atoms with Crippen LogP contribution >= 0.6 is 0 Å². The fourth-order valence-corrected chi connectivity index (χ4v) is 4.16. The molecule has 0 aromatic carbocycles. The van der Waals surface area contributed by atoms with Crippen LogP contribution < -0.4 is 0 Å². The number of hydrogen-bond acceptors (Lipinski definition) is 4. The molecule has 1 aromatic rings. The van der Waals surface area contributed by atoms with Crippen molar-refractivity contribution in [3.05, 3.63) is 17.5 Å². The molecular formula is C19H29N5O3. The molecular weight excluding hydrogens is 346 g/mol. The summed E-state index contributed by atoms with van der Waals surface area (Å²) in [6.45, 7) is 6.99. The molecule has 1 N–H and O–H groups in total. The fraction of sp³-hybridized carbons (Fsp3) is 0.684. The molecule has 0 spiro atoms. The van der Waals surface area contributed by atoms with Gasteiger partial charge in [-0.05, 0) is 26.7 Å². The van der Waals surface area contributed by atoms with Crippen LogP contribution in [0.1, 0.15) is 55.1 Å². The summed E-state index contributed by atoms with van der Waals surface area (Å²) in [6.07, 6.45) is 3.69. The van der Waals surface area contributed by atoms with E-state index < -0.39 is 0 Å². The summed E-state index contributed by atoms with van der Waals surface area (Å²) in [5.74, 6) is -0.124. The van der Waals surface area contributed by atoms with Crippen LogP contribution in [-0.4, -0.2) is 82.4 Å². The van der Waals surface area contributed by atoms with Crippen LogP contribution in [0.2, 0.25) is 0 Å². The predicted octanol–water partition coefficient (Wildman–Crippen LogP) is 1.08. The number of H-pyrrole nitrogens is 1. The zero-order chi connectivity index (χ0) is 19.6. The van der Waals surface area contributed by atoms with E-state index >= 15 is 0 Å². The van der Waals surface area contributed by atoms with Crippen LogP contribution in [0.5, 0.6) is 0 Å². The number of amides is 3. The minimum Gasteiger partial charge on any atom is -0.345 e. The van der Waals surface area contributed by atoms with Gasteiger partial charge in [-0.15, -0.1) is 0 Å². The molecule has 8 nitrogen and oxygen atoms in total. The van der Waals surface area contributed by atoms with E-state index in [1.54, 1.807) is 23.0 Å². The maximum Gasteiger partial charge on any atom is 0.257 e. The Hall–Kier alpha value is -2.38. The van der Waals surface area contributed by atoms with Gasteiger partial charge in [0.1, 0.15) is 0 Å². The molecule has 2 aliphatic heterocycles. The Labute approximate surface area is 159 Å². The molecule has 148 valence electrons. The third kappa shape index (κ3) is 3.84. The van der Waals surface area contributed by atoms with E-state index in [1.165, 1.54) is 0 Å². The van der Waals surface area contributed by atoms with Gasteiger partial charge >= 0.3 is 0 Å². The summed E-state index contributed by atoms with van der Waals surface area (Å²) in [5, 5.41) is 7.11. The molecule has 2 fully saturated rings. The van der Waals surface area contributed by atoms with E-state index in [0.29, 0.717) is 44.7 Å². The molecule has 27 heavy (non-hydrogen) atoms. The lowest BCUT2D eigenvalue weighted by Crippen LogP contribution is -2.43. The first-order valence-electron chi connectivity index (χ1n) is 9.81. The largest absolute Gasteiger partial charge is 0.345 e. The van der Waals surface area contributed by atoms with Gasteiger partial charge in [-0.25, -0.2) is 0 Å². The normalized spacial score (nSPS) is 23.0. The third-order valence-electron chi connectivity index (χ3n) is 5.78. The monoisotopic (exact) mass is 375 g/mol. The number of aromatic nitrogens is 2. The first-order chi connectivity index (χ1) is 13.0. The SMILES string of the molecule is CCN(CC)C(=O)c1cn[nH]c1[C@@H]1CCCN(C(=O)[C@@H]2CC(=O)N(C)C2)C1. The number of nitrogens with zero attached hydrogens (tertiary/aromatic N) is 4. The molecule has 3 heterocycles. The van der Waals surface area contributed by atoms with E-state index in [-0.39, 0.29) is 29.6 Å². The maximum atomic E-state index is 12.9. The molecule has 3 rings (SSSR count). The lowest BCUT2D eigenvalue weighted by molar-refractivity contribution is -0.137. The van der Waals surface area contributed by atoms with Crippen LogP contribution in [0.4, 0.5) is 0 Å². The third-order valence-corrected chi connectivity index (χ3v) is 5.78. The summed E-state index contributed by atoms with van der Waals surface area (Å²) >= 11 is 0. The average molecular weight is 375 g/mol. The predicted molar refractivity (Wildman–Crippen MR) is 100 cm³/mol. The number of carbonyl (C=O) groups excluding carboxylic acids is 3.